The van der Waals surface area contributed by atoms with Gasteiger partial charge in [-0.1, -0.05) is 73.2 Å². The molecule has 4 rings (SSSR count). The molecule has 0 N–H and O–H groups in total. The van der Waals surface area contributed by atoms with Crippen LogP contribution in [-0.2, 0) is 4.74 Å². The van der Waals surface area contributed by atoms with E-state index in [0.717, 1.165) is 12.5 Å². The average Bonchev–Trinajstić information content (AvgIpc) is 2.74. The van der Waals surface area contributed by atoms with Crippen LogP contribution in [0, 0.1) is 18.8 Å². The maximum atomic E-state index is 6.23. The Balaban J connectivity index is 1.30. The Morgan fingerprint density at radius 2 is 1.39 bits per heavy atom. The lowest BCUT2D eigenvalue weighted by atomic mass is 9.84. The number of ether oxygens (including phenoxy) is 1. The molecule has 0 spiro atoms. The lowest BCUT2D eigenvalue weighted by Gasteiger charge is -2.29. The average molecular weight is 375 g/mol. The molecule has 148 valence electrons. The molecule has 0 amide bonds. The van der Waals surface area contributed by atoms with Gasteiger partial charge in [0.25, 0.3) is 0 Å². The number of hydrogen-bond donors (Lipinski definition) is 0. The summed E-state index contributed by atoms with van der Waals surface area (Å²) in [5.74, 6) is 2.05. The molecule has 0 heterocycles. The third-order valence-corrected chi connectivity index (χ3v) is 6.70. The highest BCUT2D eigenvalue weighted by molar-refractivity contribution is 5.64. The lowest BCUT2D eigenvalue weighted by molar-refractivity contribution is 0.00552. The Labute approximate surface area is 170 Å². The van der Waals surface area contributed by atoms with Crippen LogP contribution in [0.4, 0.5) is 0 Å². The van der Waals surface area contributed by atoms with Crippen LogP contribution in [0.2, 0.25) is 0 Å². The van der Waals surface area contributed by atoms with E-state index in [4.69, 9.17) is 4.74 Å². The van der Waals surface area contributed by atoms with Gasteiger partial charge in [0.05, 0.1) is 12.7 Å². The largest absolute Gasteiger partial charge is 0.378 e. The molecule has 0 radical (unpaired) electrons. The molecule has 2 aromatic carbocycles. The molecule has 2 atom stereocenters. The molecule has 2 aliphatic carbocycles. The lowest BCUT2D eigenvalue weighted by Crippen LogP contribution is -2.23. The summed E-state index contributed by atoms with van der Waals surface area (Å²) in [4.78, 5) is 0. The maximum absolute atomic E-state index is 6.23. The summed E-state index contributed by atoms with van der Waals surface area (Å²) >= 11 is 0. The molecule has 0 aliphatic heterocycles. The van der Waals surface area contributed by atoms with E-state index in [1.807, 2.05) is 0 Å². The predicted molar refractivity (Wildman–Crippen MR) is 119 cm³/mol. The fourth-order valence-electron chi connectivity index (χ4n) is 4.62. The second kappa shape index (κ2) is 9.09. The Morgan fingerprint density at radius 1 is 0.750 bits per heavy atom. The van der Waals surface area contributed by atoms with Crippen molar-refractivity contribution in [2.24, 2.45) is 11.8 Å². The van der Waals surface area contributed by atoms with Crippen molar-refractivity contribution in [3.05, 3.63) is 71.8 Å². The van der Waals surface area contributed by atoms with Crippen LogP contribution in [0.3, 0.4) is 0 Å². The van der Waals surface area contributed by atoms with E-state index in [2.05, 4.69) is 74.5 Å². The maximum Gasteiger partial charge on any atom is 0.0575 e. The van der Waals surface area contributed by atoms with Crippen LogP contribution >= 0.6 is 0 Å². The summed E-state index contributed by atoms with van der Waals surface area (Å²) in [6.45, 7) is 5.42. The topological polar surface area (TPSA) is 9.23 Å². The van der Waals surface area contributed by atoms with Crippen molar-refractivity contribution in [3.8, 4) is 11.1 Å². The van der Waals surface area contributed by atoms with Crippen LogP contribution in [0.1, 0.15) is 62.5 Å². The summed E-state index contributed by atoms with van der Waals surface area (Å²) in [6.07, 6.45) is 13.0. The van der Waals surface area contributed by atoms with Gasteiger partial charge in [-0.15, -0.1) is 0 Å². The molecule has 2 unspecified atom stereocenters. The zero-order chi connectivity index (χ0) is 19.3. The quantitative estimate of drug-likeness (QED) is 0.499. The Kier molecular flexibility index (Phi) is 6.32. The van der Waals surface area contributed by atoms with Crippen LogP contribution in [0.25, 0.3) is 11.1 Å². The summed E-state index contributed by atoms with van der Waals surface area (Å²) in [6, 6.07) is 18.0. The highest BCUT2D eigenvalue weighted by Crippen LogP contribution is 2.33. The SMILES string of the molecule is Cc1ccc(-c2ccc(C3C=CC(COC4CCC(C)CC4)CC3)cc2)cc1. The van der Waals surface area contributed by atoms with Gasteiger partial charge < -0.3 is 4.74 Å². The molecule has 0 saturated heterocycles. The van der Waals surface area contributed by atoms with Gasteiger partial charge in [-0.2, -0.15) is 0 Å². The molecule has 28 heavy (non-hydrogen) atoms. The van der Waals surface area contributed by atoms with Crippen molar-refractivity contribution in [1.82, 2.24) is 0 Å². The first-order chi connectivity index (χ1) is 13.7. The molecule has 2 aliphatic rings. The van der Waals surface area contributed by atoms with Crippen LogP contribution in [0.15, 0.2) is 60.7 Å². The number of allylic oxidation sites excluding steroid dienone is 1. The third-order valence-electron chi connectivity index (χ3n) is 6.70. The zero-order valence-electron chi connectivity index (χ0n) is 17.4. The third kappa shape index (κ3) is 4.94. The van der Waals surface area contributed by atoms with Gasteiger partial charge >= 0.3 is 0 Å². The molecular weight excluding hydrogens is 340 g/mol. The van der Waals surface area contributed by atoms with Crippen LogP contribution < -0.4 is 0 Å². The number of aryl methyl sites for hydroxylation is 1. The van der Waals surface area contributed by atoms with Gasteiger partial charge in [-0.05, 0) is 68.1 Å². The Morgan fingerprint density at radius 3 is 2.00 bits per heavy atom. The van der Waals surface area contributed by atoms with Gasteiger partial charge in [0, 0.05) is 11.8 Å². The predicted octanol–water partition coefficient (Wildman–Crippen LogP) is 7.31. The fourth-order valence-corrected chi connectivity index (χ4v) is 4.62. The van der Waals surface area contributed by atoms with Gasteiger partial charge in [-0.3, -0.25) is 0 Å². The molecule has 1 heteroatoms. The van der Waals surface area contributed by atoms with Gasteiger partial charge in [0.2, 0.25) is 0 Å². The molecule has 0 aromatic heterocycles. The molecule has 1 saturated carbocycles. The Hall–Kier alpha value is -1.86. The van der Waals surface area contributed by atoms with E-state index in [1.54, 1.807) is 0 Å². The van der Waals surface area contributed by atoms with E-state index >= 15 is 0 Å². The van der Waals surface area contributed by atoms with Gasteiger partial charge in [0.15, 0.2) is 0 Å². The smallest absolute Gasteiger partial charge is 0.0575 e. The van der Waals surface area contributed by atoms with Crippen molar-refractivity contribution in [2.75, 3.05) is 6.61 Å². The first-order valence-electron chi connectivity index (χ1n) is 11.1. The van der Waals surface area contributed by atoms with E-state index in [0.29, 0.717) is 17.9 Å². The van der Waals surface area contributed by atoms with E-state index in [-0.39, 0.29) is 0 Å². The highest BCUT2D eigenvalue weighted by atomic mass is 16.5. The van der Waals surface area contributed by atoms with Crippen molar-refractivity contribution in [2.45, 2.75) is 64.4 Å². The Bertz CT molecular complexity index is 763. The minimum atomic E-state index is 0.511. The zero-order valence-corrected chi connectivity index (χ0v) is 17.4. The van der Waals surface area contributed by atoms with Gasteiger partial charge in [0.1, 0.15) is 0 Å². The molecule has 2 aromatic rings. The van der Waals surface area contributed by atoms with Gasteiger partial charge in [-0.25, -0.2) is 0 Å². The second-order valence-electron chi connectivity index (χ2n) is 9.03. The fraction of sp³-hybridized carbons (Fsp3) is 0.481. The van der Waals surface area contributed by atoms with E-state index in [9.17, 15) is 0 Å². The second-order valence-corrected chi connectivity index (χ2v) is 9.03. The highest BCUT2D eigenvalue weighted by Gasteiger charge is 2.22. The first kappa shape index (κ1) is 19.5. The van der Waals surface area contributed by atoms with Crippen LogP contribution in [0.5, 0.6) is 0 Å². The molecule has 1 fully saturated rings. The summed E-state index contributed by atoms with van der Waals surface area (Å²) < 4.78 is 6.23. The van der Waals surface area contributed by atoms with Crippen molar-refractivity contribution >= 4 is 0 Å². The normalized spacial score (nSPS) is 27.6. The minimum absolute atomic E-state index is 0.511. The summed E-state index contributed by atoms with van der Waals surface area (Å²) in [7, 11) is 0. The molecule has 1 nitrogen and oxygen atoms in total. The van der Waals surface area contributed by atoms with E-state index < -0.39 is 0 Å². The van der Waals surface area contributed by atoms with Crippen molar-refractivity contribution in [1.29, 1.82) is 0 Å². The summed E-state index contributed by atoms with van der Waals surface area (Å²) in [5.41, 5.74) is 5.35. The molecule has 0 bridgehead atoms. The first-order valence-corrected chi connectivity index (χ1v) is 11.1. The monoisotopic (exact) mass is 374 g/mol. The number of rotatable bonds is 5. The minimum Gasteiger partial charge on any atom is -0.378 e. The number of hydrogen-bond acceptors (Lipinski definition) is 1. The molecular formula is C27H34O. The van der Waals surface area contributed by atoms with Crippen molar-refractivity contribution < 1.29 is 4.74 Å². The van der Waals surface area contributed by atoms with E-state index in [1.165, 1.54) is 60.8 Å². The van der Waals surface area contributed by atoms with Crippen LogP contribution in [-0.4, -0.2) is 12.7 Å². The van der Waals surface area contributed by atoms with Crippen molar-refractivity contribution in [3.63, 3.8) is 0 Å². The standard InChI is InChI=1S/C27H34O/c1-20-3-9-23(10-4-20)25-13-15-26(16-14-25)24-11-7-22(8-12-24)19-28-27-17-5-21(2)6-18-27/h3-4,7,9-11,13-16,21-22,24,27H,5-6,8,12,17-19H2,1-2H3. The summed E-state index contributed by atoms with van der Waals surface area (Å²) in [5, 5.41) is 0. The number of benzene rings is 2.